The summed E-state index contributed by atoms with van der Waals surface area (Å²) in [7, 11) is 2.01. The molecular formula is C18H34IN5S. The smallest absolute Gasteiger partial charge is 0.193 e. The predicted octanol–water partition coefficient (Wildman–Crippen LogP) is 3.24. The molecule has 2 rings (SSSR count). The third-order valence-corrected chi connectivity index (χ3v) is 6.29. The summed E-state index contributed by atoms with van der Waals surface area (Å²) in [6.07, 6.45) is 0.955. The maximum atomic E-state index is 4.90. The van der Waals surface area contributed by atoms with Crippen LogP contribution in [0.5, 0.6) is 0 Å². The van der Waals surface area contributed by atoms with E-state index < -0.39 is 0 Å². The van der Waals surface area contributed by atoms with E-state index in [1.165, 1.54) is 17.0 Å². The number of nitrogens with zero attached hydrogens (tertiary/aromatic N) is 4. The molecule has 0 spiro atoms. The number of guanidine groups is 1. The highest BCUT2D eigenvalue weighted by molar-refractivity contribution is 14.0. The van der Waals surface area contributed by atoms with E-state index in [0.717, 1.165) is 44.3 Å². The lowest BCUT2D eigenvalue weighted by molar-refractivity contribution is 0.381. The van der Waals surface area contributed by atoms with E-state index in [-0.39, 0.29) is 24.0 Å². The van der Waals surface area contributed by atoms with E-state index in [1.54, 1.807) is 0 Å². The Morgan fingerprint density at radius 3 is 2.68 bits per heavy atom. The fourth-order valence-electron chi connectivity index (χ4n) is 3.15. The summed E-state index contributed by atoms with van der Waals surface area (Å²) in [6, 6.07) is 0. The Morgan fingerprint density at radius 1 is 1.40 bits per heavy atom. The minimum Gasteiger partial charge on any atom is -0.357 e. The van der Waals surface area contributed by atoms with Crippen molar-refractivity contribution in [3.63, 3.8) is 0 Å². The second-order valence-electron chi connectivity index (χ2n) is 6.86. The second kappa shape index (κ2) is 10.6. The molecule has 0 aliphatic carbocycles. The van der Waals surface area contributed by atoms with E-state index in [1.807, 2.05) is 11.7 Å². The number of aromatic nitrogens is 2. The third kappa shape index (κ3) is 6.05. The molecule has 0 amide bonds. The summed E-state index contributed by atoms with van der Waals surface area (Å²) >= 11 is 2.10. The highest BCUT2D eigenvalue weighted by Crippen LogP contribution is 2.24. The first-order chi connectivity index (χ1) is 11.4. The van der Waals surface area contributed by atoms with E-state index >= 15 is 0 Å². The van der Waals surface area contributed by atoms with Crippen LogP contribution in [0.2, 0.25) is 0 Å². The van der Waals surface area contributed by atoms with Crippen molar-refractivity contribution in [3.05, 3.63) is 17.0 Å². The van der Waals surface area contributed by atoms with Crippen molar-refractivity contribution in [2.45, 2.75) is 46.3 Å². The molecule has 1 aliphatic heterocycles. The van der Waals surface area contributed by atoms with Crippen LogP contribution in [0, 0.1) is 19.8 Å². The summed E-state index contributed by atoms with van der Waals surface area (Å²) < 4.78 is 1.97. The van der Waals surface area contributed by atoms with Crippen molar-refractivity contribution < 1.29 is 0 Å². The van der Waals surface area contributed by atoms with Crippen LogP contribution in [0.3, 0.4) is 0 Å². The van der Waals surface area contributed by atoms with Gasteiger partial charge in [0.05, 0.1) is 5.69 Å². The lowest BCUT2D eigenvalue weighted by atomic mass is 10.1. The van der Waals surface area contributed by atoms with Crippen molar-refractivity contribution in [2.75, 3.05) is 31.9 Å². The zero-order valence-corrected chi connectivity index (χ0v) is 19.6. The van der Waals surface area contributed by atoms with Gasteiger partial charge in [-0.3, -0.25) is 9.67 Å². The molecule has 1 N–H and O–H groups in total. The minimum absolute atomic E-state index is 0. The molecule has 1 aromatic heterocycles. The molecule has 25 heavy (non-hydrogen) atoms. The van der Waals surface area contributed by atoms with Gasteiger partial charge in [-0.2, -0.15) is 16.9 Å². The van der Waals surface area contributed by atoms with Crippen molar-refractivity contribution in [2.24, 2.45) is 18.0 Å². The van der Waals surface area contributed by atoms with E-state index in [4.69, 9.17) is 4.99 Å². The van der Waals surface area contributed by atoms with E-state index in [0.29, 0.717) is 11.2 Å². The molecule has 0 radical (unpaired) electrons. The first-order valence-electron chi connectivity index (χ1n) is 9.08. The average molecular weight is 479 g/mol. The number of hydrogen-bond donors (Lipinski definition) is 1. The van der Waals surface area contributed by atoms with Gasteiger partial charge in [0.1, 0.15) is 0 Å². The predicted molar refractivity (Wildman–Crippen MR) is 120 cm³/mol. The summed E-state index contributed by atoms with van der Waals surface area (Å²) in [5, 5.41) is 8.68. The Hall–Kier alpha value is -0.440. The van der Waals surface area contributed by atoms with Gasteiger partial charge in [0, 0.05) is 49.9 Å². The third-order valence-electron chi connectivity index (χ3n) is 4.75. The highest BCUT2D eigenvalue weighted by atomic mass is 127. The average Bonchev–Trinajstić information content (AvgIpc) is 2.80. The number of rotatable bonds is 5. The number of thioether (sulfide) groups is 1. The van der Waals surface area contributed by atoms with Crippen molar-refractivity contribution >= 4 is 41.7 Å². The van der Waals surface area contributed by atoms with Gasteiger partial charge in [-0.1, -0.05) is 13.8 Å². The molecule has 7 heteroatoms. The van der Waals surface area contributed by atoms with Crippen molar-refractivity contribution in [1.29, 1.82) is 0 Å². The van der Waals surface area contributed by atoms with Crippen molar-refractivity contribution in [3.8, 4) is 0 Å². The maximum Gasteiger partial charge on any atom is 0.193 e. The SMILES string of the molecule is CCNC(=NCCc1c(C)nn(C)c1C)N1CCSC(C(C)C)C1.I. The molecule has 5 nitrogen and oxygen atoms in total. The molecule has 144 valence electrons. The van der Waals surface area contributed by atoms with Crippen LogP contribution in [0.4, 0.5) is 0 Å². The van der Waals surface area contributed by atoms with Crippen LogP contribution in [0.1, 0.15) is 37.7 Å². The van der Waals surface area contributed by atoms with Gasteiger partial charge in [0.25, 0.3) is 0 Å². The summed E-state index contributed by atoms with van der Waals surface area (Å²) in [4.78, 5) is 7.34. The topological polar surface area (TPSA) is 45.5 Å². The van der Waals surface area contributed by atoms with Gasteiger partial charge in [0.15, 0.2) is 5.96 Å². The molecule has 1 aromatic rings. The van der Waals surface area contributed by atoms with Crippen molar-refractivity contribution in [1.82, 2.24) is 20.0 Å². The molecule has 0 aromatic carbocycles. The molecule has 0 bridgehead atoms. The van der Waals surface area contributed by atoms with Gasteiger partial charge in [-0.05, 0) is 38.7 Å². The molecular weight excluding hydrogens is 445 g/mol. The molecule has 1 aliphatic rings. The molecule has 1 unspecified atom stereocenters. The molecule has 1 fully saturated rings. The highest BCUT2D eigenvalue weighted by Gasteiger charge is 2.24. The number of aliphatic imine (C=N–C) groups is 1. The standard InChI is InChI=1S/C18H33N5S.HI/c1-7-19-18(23-10-11-24-17(12-23)13(2)3)20-9-8-16-14(4)21-22(6)15(16)5;/h13,17H,7-12H2,1-6H3,(H,19,20);1H. The quantitative estimate of drug-likeness (QED) is 0.400. The van der Waals surface area contributed by atoms with E-state index in [9.17, 15) is 0 Å². The molecule has 1 atom stereocenters. The lowest BCUT2D eigenvalue weighted by Crippen LogP contribution is -2.49. The lowest BCUT2D eigenvalue weighted by Gasteiger charge is -2.36. The number of nitrogens with one attached hydrogen (secondary N) is 1. The van der Waals surface area contributed by atoms with Crippen LogP contribution >= 0.6 is 35.7 Å². The Bertz CT molecular complexity index is 570. The van der Waals surface area contributed by atoms with Crippen LogP contribution in [0.15, 0.2) is 4.99 Å². The molecule has 0 saturated carbocycles. The van der Waals surface area contributed by atoms with Crippen LogP contribution in [-0.4, -0.2) is 57.8 Å². The fourth-order valence-corrected chi connectivity index (χ4v) is 4.45. The van der Waals surface area contributed by atoms with Crippen LogP contribution in [0.25, 0.3) is 0 Å². The summed E-state index contributed by atoms with van der Waals surface area (Å²) in [5.74, 6) is 2.97. The van der Waals surface area contributed by atoms with Gasteiger partial charge < -0.3 is 10.2 Å². The Kier molecular flexibility index (Phi) is 9.62. The van der Waals surface area contributed by atoms with Crippen LogP contribution in [-0.2, 0) is 13.5 Å². The number of aryl methyl sites for hydroxylation is 2. The Morgan fingerprint density at radius 2 is 2.12 bits per heavy atom. The molecule has 2 heterocycles. The van der Waals surface area contributed by atoms with Crippen LogP contribution < -0.4 is 5.32 Å². The zero-order chi connectivity index (χ0) is 17.7. The molecule has 1 saturated heterocycles. The summed E-state index contributed by atoms with van der Waals surface area (Å²) in [5.41, 5.74) is 3.72. The van der Waals surface area contributed by atoms with Gasteiger partial charge in [0.2, 0.25) is 0 Å². The summed E-state index contributed by atoms with van der Waals surface area (Å²) in [6.45, 7) is 14.9. The largest absolute Gasteiger partial charge is 0.357 e. The zero-order valence-electron chi connectivity index (χ0n) is 16.5. The number of halogens is 1. The van der Waals surface area contributed by atoms with Gasteiger partial charge >= 0.3 is 0 Å². The van der Waals surface area contributed by atoms with Gasteiger partial charge in [-0.25, -0.2) is 0 Å². The minimum atomic E-state index is 0. The second-order valence-corrected chi connectivity index (χ2v) is 8.20. The first-order valence-corrected chi connectivity index (χ1v) is 10.1. The van der Waals surface area contributed by atoms with E-state index in [2.05, 4.69) is 61.7 Å². The first kappa shape index (κ1) is 22.6. The van der Waals surface area contributed by atoms with Gasteiger partial charge in [-0.15, -0.1) is 24.0 Å². The fraction of sp³-hybridized carbons (Fsp3) is 0.778. The maximum absolute atomic E-state index is 4.90. The Balaban J connectivity index is 0.00000312. The monoisotopic (exact) mass is 479 g/mol. The normalized spacial score (nSPS) is 18.4. The Labute approximate surface area is 174 Å². The number of hydrogen-bond acceptors (Lipinski definition) is 3.